The first kappa shape index (κ1) is 16.8. The van der Waals surface area contributed by atoms with E-state index < -0.39 is 0 Å². The van der Waals surface area contributed by atoms with Crippen LogP contribution in [0.1, 0.15) is 32.6 Å². The molecule has 2 N–H and O–H groups in total. The third-order valence-corrected chi connectivity index (χ3v) is 3.75. The van der Waals surface area contributed by atoms with E-state index in [1.165, 1.54) is 18.4 Å². The van der Waals surface area contributed by atoms with Crippen LogP contribution in [-0.4, -0.2) is 43.7 Å². The maximum atomic E-state index is 6.06. The molecule has 0 radical (unpaired) electrons. The summed E-state index contributed by atoms with van der Waals surface area (Å²) in [5.41, 5.74) is 7.52. The first-order valence-electron chi connectivity index (χ1n) is 7.06. The summed E-state index contributed by atoms with van der Waals surface area (Å²) in [6.45, 7) is 6.84. The third-order valence-electron chi connectivity index (χ3n) is 3.75. The average Bonchev–Trinajstić information content (AvgIpc) is 2.40. The van der Waals surface area contributed by atoms with Crippen molar-refractivity contribution in [2.75, 3.05) is 32.8 Å². The van der Waals surface area contributed by atoms with Gasteiger partial charge in [-0.3, -0.25) is 4.99 Å². The molecule has 1 saturated heterocycles. The minimum absolute atomic E-state index is 0. The van der Waals surface area contributed by atoms with Crippen LogP contribution in [0.25, 0.3) is 0 Å². The maximum Gasteiger partial charge on any atom is 0.191 e. The van der Waals surface area contributed by atoms with Crippen LogP contribution >= 0.6 is 24.0 Å². The lowest BCUT2D eigenvalue weighted by Gasteiger charge is -2.31. The minimum Gasteiger partial charge on any atom is -0.377 e. The third kappa shape index (κ3) is 5.69. The topological polar surface area (TPSA) is 50.8 Å². The zero-order valence-corrected chi connectivity index (χ0v) is 14.1. The zero-order valence-electron chi connectivity index (χ0n) is 11.8. The molecule has 0 aromatic carbocycles. The van der Waals surface area contributed by atoms with Crippen LogP contribution in [0.15, 0.2) is 16.6 Å². The number of ether oxygens (including phenoxy) is 1. The van der Waals surface area contributed by atoms with Gasteiger partial charge in [-0.2, -0.15) is 0 Å². The molecule has 0 saturated carbocycles. The molecule has 0 aromatic rings. The van der Waals surface area contributed by atoms with Crippen LogP contribution in [0.4, 0.5) is 0 Å². The van der Waals surface area contributed by atoms with Crippen molar-refractivity contribution in [1.82, 2.24) is 4.90 Å². The Morgan fingerprint density at radius 3 is 3.11 bits per heavy atom. The SMILES string of the molecule is CC1CCCN(C(N)=NCCC2=CCOCC2)C1.I. The van der Waals surface area contributed by atoms with Crippen molar-refractivity contribution in [2.24, 2.45) is 16.6 Å². The predicted molar refractivity (Wildman–Crippen MR) is 90.0 cm³/mol. The molecule has 2 aliphatic rings. The van der Waals surface area contributed by atoms with Gasteiger partial charge in [-0.1, -0.05) is 18.6 Å². The minimum atomic E-state index is 0. The number of aliphatic imine (C=N–C) groups is 1. The molecule has 2 heterocycles. The molecule has 110 valence electrons. The zero-order chi connectivity index (χ0) is 12.8. The van der Waals surface area contributed by atoms with Gasteiger partial charge in [-0.15, -0.1) is 24.0 Å². The molecular formula is C14H26IN3O. The Hall–Kier alpha value is -0.300. The summed E-state index contributed by atoms with van der Waals surface area (Å²) < 4.78 is 5.29. The van der Waals surface area contributed by atoms with E-state index in [2.05, 4.69) is 22.9 Å². The van der Waals surface area contributed by atoms with Gasteiger partial charge in [-0.05, 0) is 31.6 Å². The summed E-state index contributed by atoms with van der Waals surface area (Å²) in [7, 11) is 0. The van der Waals surface area contributed by atoms with Gasteiger partial charge in [0, 0.05) is 19.6 Å². The lowest BCUT2D eigenvalue weighted by Crippen LogP contribution is -2.43. The molecule has 0 spiro atoms. The van der Waals surface area contributed by atoms with Crippen LogP contribution in [0.2, 0.25) is 0 Å². The number of likely N-dealkylation sites (tertiary alicyclic amines) is 1. The Morgan fingerprint density at radius 1 is 1.58 bits per heavy atom. The maximum absolute atomic E-state index is 6.06. The van der Waals surface area contributed by atoms with Crippen LogP contribution in [0, 0.1) is 5.92 Å². The summed E-state index contributed by atoms with van der Waals surface area (Å²) in [6.07, 6.45) is 6.80. The van der Waals surface area contributed by atoms with E-state index >= 15 is 0 Å². The Morgan fingerprint density at radius 2 is 2.42 bits per heavy atom. The quantitative estimate of drug-likeness (QED) is 0.355. The van der Waals surface area contributed by atoms with Crippen molar-refractivity contribution in [3.05, 3.63) is 11.6 Å². The molecule has 4 nitrogen and oxygen atoms in total. The molecular weight excluding hydrogens is 353 g/mol. The first-order valence-corrected chi connectivity index (χ1v) is 7.06. The fraction of sp³-hybridized carbons (Fsp3) is 0.786. The monoisotopic (exact) mass is 379 g/mol. The van der Waals surface area contributed by atoms with Crippen molar-refractivity contribution < 1.29 is 4.74 Å². The molecule has 0 bridgehead atoms. The summed E-state index contributed by atoms with van der Waals surface area (Å²) in [5, 5.41) is 0. The fourth-order valence-electron chi connectivity index (χ4n) is 2.60. The largest absolute Gasteiger partial charge is 0.377 e. The highest BCUT2D eigenvalue weighted by molar-refractivity contribution is 14.0. The summed E-state index contributed by atoms with van der Waals surface area (Å²) in [6, 6.07) is 0. The summed E-state index contributed by atoms with van der Waals surface area (Å²) >= 11 is 0. The predicted octanol–water partition coefficient (Wildman–Crippen LogP) is 2.39. The molecule has 5 heteroatoms. The highest BCUT2D eigenvalue weighted by Crippen LogP contribution is 2.15. The number of nitrogens with two attached hydrogens (primary N) is 1. The van der Waals surface area contributed by atoms with E-state index in [0.717, 1.165) is 57.6 Å². The van der Waals surface area contributed by atoms with Gasteiger partial charge in [0.2, 0.25) is 0 Å². The molecule has 2 rings (SSSR count). The molecule has 1 atom stereocenters. The van der Waals surface area contributed by atoms with Crippen LogP contribution < -0.4 is 5.73 Å². The lowest BCUT2D eigenvalue weighted by atomic mass is 10.0. The van der Waals surface area contributed by atoms with Crippen molar-refractivity contribution in [2.45, 2.75) is 32.6 Å². The Balaban J connectivity index is 0.00000180. The second kappa shape index (κ2) is 8.79. The molecule has 0 aliphatic carbocycles. The standard InChI is InChI=1S/C14H25N3O.HI/c1-12-3-2-8-17(11-12)14(15)16-7-4-13-5-9-18-10-6-13;/h5,12H,2-4,6-11H2,1H3,(H2,15,16);1H. The van der Waals surface area contributed by atoms with Gasteiger partial charge < -0.3 is 15.4 Å². The second-order valence-electron chi connectivity index (χ2n) is 5.37. The van der Waals surface area contributed by atoms with E-state index in [9.17, 15) is 0 Å². The van der Waals surface area contributed by atoms with Crippen molar-refractivity contribution >= 4 is 29.9 Å². The highest BCUT2D eigenvalue weighted by atomic mass is 127. The van der Waals surface area contributed by atoms with E-state index in [0.29, 0.717) is 0 Å². The van der Waals surface area contributed by atoms with Gasteiger partial charge in [0.1, 0.15) is 0 Å². The first-order chi connectivity index (χ1) is 8.75. The number of hydrogen-bond donors (Lipinski definition) is 1. The molecule has 0 aromatic heterocycles. The smallest absolute Gasteiger partial charge is 0.191 e. The highest BCUT2D eigenvalue weighted by Gasteiger charge is 2.17. The number of piperidine rings is 1. The van der Waals surface area contributed by atoms with Crippen molar-refractivity contribution in [3.8, 4) is 0 Å². The van der Waals surface area contributed by atoms with Gasteiger partial charge in [0.25, 0.3) is 0 Å². The van der Waals surface area contributed by atoms with Crippen LogP contribution in [-0.2, 0) is 4.74 Å². The van der Waals surface area contributed by atoms with E-state index in [1.807, 2.05) is 0 Å². The van der Waals surface area contributed by atoms with Gasteiger partial charge in [0.15, 0.2) is 5.96 Å². The van der Waals surface area contributed by atoms with Crippen LogP contribution in [0.5, 0.6) is 0 Å². The average molecular weight is 379 g/mol. The Bertz CT molecular complexity index is 331. The number of rotatable bonds is 3. The van der Waals surface area contributed by atoms with Crippen molar-refractivity contribution in [3.63, 3.8) is 0 Å². The van der Waals surface area contributed by atoms with E-state index in [4.69, 9.17) is 10.5 Å². The van der Waals surface area contributed by atoms with Gasteiger partial charge in [-0.25, -0.2) is 0 Å². The Labute approximate surface area is 133 Å². The lowest BCUT2D eigenvalue weighted by molar-refractivity contribution is 0.153. The fourth-order valence-corrected chi connectivity index (χ4v) is 2.60. The molecule has 2 aliphatic heterocycles. The number of halogens is 1. The van der Waals surface area contributed by atoms with Gasteiger partial charge in [0.05, 0.1) is 13.2 Å². The van der Waals surface area contributed by atoms with E-state index in [1.54, 1.807) is 0 Å². The normalized spacial score (nSPS) is 24.7. The molecule has 1 unspecified atom stereocenters. The number of guanidine groups is 1. The van der Waals surface area contributed by atoms with E-state index in [-0.39, 0.29) is 24.0 Å². The van der Waals surface area contributed by atoms with Crippen molar-refractivity contribution in [1.29, 1.82) is 0 Å². The second-order valence-corrected chi connectivity index (χ2v) is 5.37. The molecule has 19 heavy (non-hydrogen) atoms. The molecule has 0 amide bonds. The summed E-state index contributed by atoms with van der Waals surface area (Å²) in [5.74, 6) is 1.47. The summed E-state index contributed by atoms with van der Waals surface area (Å²) in [4.78, 5) is 6.74. The Kier molecular flexibility index (Phi) is 7.75. The molecule has 1 fully saturated rings. The number of hydrogen-bond acceptors (Lipinski definition) is 2. The van der Waals surface area contributed by atoms with Crippen LogP contribution in [0.3, 0.4) is 0 Å². The van der Waals surface area contributed by atoms with Gasteiger partial charge >= 0.3 is 0 Å². The number of nitrogens with zero attached hydrogens (tertiary/aromatic N) is 2.